The summed E-state index contributed by atoms with van der Waals surface area (Å²) in [6.07, 6.45) is -0.272. The first kappa shape index (κ1) is 32.6. The van der Waals surface area contributed by atoms with E-state index in [9.17, 15) is 0 Å². The third-order valence-corrected chi connectivity index (χ3v) is 12.3. The normalized spacial score (nSPS) is 15.7. The molecule has 1 aliphatic rings. The van der Waals surface area contributed by atoms with Crippen molar-refractivity contribution < 1.29 is 0 Å². The van der Waals surface area contributed by atoms with Gasteiger partial charge in [-0.15, -0.1) is 11.3 Å². The molecule has 2 atom stereocenters. The Hall–Kier alpha value is -6.79. The van der Waals surface area contributed by atoms with Crippen LogP contribution in [0, 0.1) is 0 Å². The standard InChI is InChI=1S/C51H36N4S/c1-4-13-33(14-5-1)37-26-30-45-44(31-37)41-29-25-38(40-20-12-21-43-42-19-10-11-22-47(42)56-48(40)43)32-46(41)55(45)39-27-23-36(24-28-39)51-53-49(34-15-6-2-7-16-34)52-50(54-51)35-17-8-3-9-18-35/h1-32,49-50,52H,(H,53,54). The van der Waals surface area contributed by atoms with Crippen molar-refractivity contribution >= 4 is 59.2 Å². The van der Waals surface area contributed by atoms with E-state index in [1.54, 1.807) is 0 Å². The van der Waals surface area contributed by atoms with E-state index >= 15 is 0 Å². The Morgan fingerprint density at radius 3 is 1.95 bits per heavy atom. The second kappa shape index (κ2) is 13.5. The summed E-state index contributed by atoms with van der Waals surface area (Å²) in [4.78, 5) is 5.20. The van der Waals surface area contributed by atoms with Crippen LogP contribution in [-0.4, -0.2) is 10.4 Å². The largest absolute Gasteiger partial charge is 0.350 e. The van der Waals surface area contributed by atoms with E-state index in [1.165, 1.54) is 69.8 Å². The number of thiophene rings is 1. The van der Waals surface area contributed by atoms with Crippen LogP contribution in [0.15, 0.2) is 199 Å². The number of amidine groups is 1. The van der Waals surface area contributed by atoms with Gasteiger partial charge in [-0.25, -0.2) is 4.99 Å². The predicted octanol–water partition coefficient (Wildman–Crippen LogP) is 12.8. The van der Waals surface area contributed by atoms with E-state index in [0.29, 0.717) is 0 Å². The zero-order chi connectivity index (χ0) is 37.0. The molecule has 56 heavy (non-hydrogen) atoms. The molecule has 8 aromatic carbocycles. The number of benzene rings is 8. The SMILES string of the molecule is c1ccc(-c2ccc3c(c2)c2ccc(-c4cccc5c4sc4ccccc45)cc2n3-c2ccc(C3=NC(c4ccccc4)NC(c4ccccc4)N3)cc2)cc1. The van der Waals surface area contributed by atoms with Crippen molar-refractivity contribution in [2.45, 2.75) is 12.3 Å². The molecule has 0 amide bonds. The van der Waals surface area contributed by atoms with Crippen LogP contribution in [0.1, 0.15) is 29.0 Å². The third-order valence-electron chi connectivity index (χ3n) is 11.1. The molecule has 11 rings (SSSR count). The summed E-state index contributed by atoms with van der Waals surface area (Å²) in [5.41, 5.74) is 11.7. The average Bonchev–Trinajstić information content (AvgIpc) is 3.82. The van der Waals surface area contributed by atoms with Crippen LogP contribution in [-0.2, 0) is 0 Å². The summed E-state index contributed by atoms with van der Waals surface area (Å²) in [6, 6.07) is 69.9. The number of fused-ring (bicyclic) bond motifs is 6. The van der Waals surface area contributed by atoms with Crippen molar-refractivity contribution in [3.63, 3.8) is 0 Å². The molecule has 0 spiro atoms. The van der Waals surface area contributed by atoms with Gasteiger partial charge in [-0.3, -0.25) is 5.32 Å². The highest BCUT2D eigenvalue weighted by Gasteiger charge is 2.25. The number of hydrogen-bond donors (Lipinski definition) is 2. The number of aliphatic imine (C=N–C) groups is 1. The molecule has 3 heterocycles. The summed E-state index contributed by atoms with van der Waals surface area (Å²) < 4.78 is 5.07. The van der Waals surface area contributed by atoms with Crippen LogP contribution in [0.5, 0.6) is 0 Å². The molecule has 0 radical (unpaired) electrons. The molecular weight excluding hydrogens is 701 g/mol. The quantitative estimate of drug-likeness (QED) is 0.178. The lowest BCUT2D eigenvalue weighted by molar-refractivity contribution is 0.409. The lowest BCUT2D eigenvalue weighted by Crippen LogP contribution is -2.44. The lowest BCUT2D eigenvalue weighted by Gasteiger charge is -2.32. The van der Waals surface area contributed by atoms with E-state index < -0.39 is 0 Å². The molecule has 4 nitrogen and oxygen atoms in total. The predicted molar refractivity (Wildman–Crippen MR) is 236 cm³/mol. The molecule has 2 aromatic heterocycles. The van der Waals surface area contributed by atoms with Gasteiger partial charge in [-0.05, 0) is 81.9 Å². The maximum Gasteiger partial charge on any atom is 0.131 e. The Morgan fingerprint density at radius 1 is 0.464 bits per heavy atom. The van der Waals surface area contributed by atoms with Gasteiger partial charge in [0.05, 0.1) is 11.0 Å². The molecule has 1 aliphatic heterocycles. The van der Waals surface area contributed by atoms with Crippen molar-refractivity contribution in [2.24, 2.45) is 4.99 Å². The molecule has 0 aliphatic carbocycles. The second-order valence-electron chi connectivity index (χ2n) is 14.4. The Bertz CT molecular complexity index is 3070. The maximum atomic E-state index is 5.20. The number of nitrogens with one attached hydrogen (secondary N) is 2. The first-order chi connectivity index (χ1) is 27.7. The molecule has 0 fully saturated rings. The van der Waals surface area contributed by atoms with Gasteiger partial charge in [0.2, 0.25) is 0 Å². The topological polar surface area (TPSA) is 41.4 Å². The average molecular weight is 737 g/mol. The minimum Gasteiger partial charge on any atom is -0.350 e. The minimum atomic E-state index is -0.183. The molecular formula is C51H36N4S. The summed E-state index contributed by atoms with van der Waals surface area (Å²) >= 11 is 1.88. The number of rotatable bonds is 6. The number of aromatic nitrogens is 1. The van der Waals surface area contributed by atoms with Crippen LogP contribution in [0.3, 0.4) is 0 Å². The van der Waals surface area contributed by atoms with E-state index in [4.69, 9.17) is 4.99 Å². The van der Waals surface area contributed by atoms with Crippen LogP contribution in [0.25, 0.3) is 69.9 Å². The smallest absolute Gasteiger partial charge is 0.131 e. The first-order valence-corrected chi connectivity index (χ1v) is 19.9. The maximum absolute atomic E-state index is 5.20. The zero-order valence-corrected chi connectivity index (χ0v) is 31.2. The molecule has 0 bridgehead atoms. The van der Waals surface area contributed by atoms with Gasteiger partial charge in [-0.2, -0.15) is 0 Å². The molecule has 10 aromatic rings. The van der Waals surface area contributed by atoms with Crippen molar-refractivity contribution in [1.29, 1.82) is 0 Å². The van der Waals surface area contributed by atoms with E-state index in [1.807, 2.05) is 17.4 Å². The van der Waals surface area contributed by atoms with E-state index in [-0.39, 0.29) is 12.3 Å². The summed E-state index contributed by atoms with van der Waals surface area (Å²) in [6.45, 7) is 0. The van der Waals surface area contributed by atoms with Gasteiger partial charge in [0.15, 0.2) is 0 Å². The number of hydrogen-bond acceptors (Lipinski definition) is 4. The van der Waals surface area contributed by atoms with Crippen LogP contribution in [0.2, 0.25) is 0 Å². The number of nitrogens with zero attached hydrogens (tertiary/aromatic N) is 2. The summed E-state index contributed by atoms with van der Waals surface area (Å²) in [7, 11) is 0. The molecule has 2 N–H and O–H groups in total. The highest BCUT2D eigenvalue weighted by molar-refractivity contribution is 7.26. The fourth-order valence-corrected chi connectivity index (χ4v) is 9.59. The van der Waals surface area contributed by atoms with Crippen LogP contribution in [0.4, 0.5) is 0 Å². The monoisotopic (exact) mass is 736 g/mol. The molecule has 2 unspecified atom stereocenters. The Morgan fingerprint density at radius 2 is 1.14 bits per heavy atom. The van der Waals surface area contributed by atoms with Gasteiger partial charge >= 0.3 is 0 Å². The third kappa shape index (κ3) is 5.60. The van der Waals surface area contributed by atoms with Crippen molar-refractivity contribution in [3.05, 3.63) is 211 Å². The van der Waals surface area contributed by atoms with Crippen molar-refractivity contribution in [1.82, 2.24) is 15.2 Å². The molecule has 0 saturated carbocycles. The fraction of sp³-hybridized carbons (Fsp3) is 0.0392. The van der Waals surface area contributed by atoms with E-state index in [0.717, 1.165) is 22.6 Å². The Kier molecular flexibility index (Phi) is 7.87. The Balaban J connectivity index is 1.06. The van der Waals surface area contributed by atoms with Crippen molar-refractivity contribution in [3.8, 4) is 27.9 Å². The summed E-state index contributed by atoms with van der Waals surface area (Å²) in [5, 5.41) is 12.5. The summed E-state index contributed by atoms with van der Waals surface area (Å²) in [5.74, 6) is 0.867. The van der Waals surface area contributed by atoms with Crippen molar-refractivity contribution in [2.75, 3.05) is 0 Å². The highest BCUT2D eigenvalue weighted by Crippen LogP contribution is 2.42. The fourth-order valence-electron chi connectivity index (χ4n) is 8.35. The minimum absolute atomic E-state index is 0.0893. The molecule has 0 saturated heterocycles. The van der Waals surface area contributed by atoms with Gasteiger partial charge in [-0.1, -0.05) is 146 Å². The van der Waals surface area contributed by atoms with Gasteiger partial charge in [0, 0.05) is 42.2 Å². The molecule has 5 heteroatoms. The molecule has 266 valence electrons. The van der Waals surface area contributed by atoms with E-state index in [2.05, 4.69) is 203 Å². The lowest BCUT2D eigenvalue weighted by atomic mass is 10.00. The van der Waals surface area contributed by atoms with Gasteiger partial charge < -0.3 is 9.88 Å². The van der Waals surface area contributed by atoms with Crippen LogP contribution < -0.4 is 10.6 Å². The van der Waals surface area contributed by atoms with Gasteiger partial charge in [0.25, 0.3) is 0 Å². The van der Waals surface area contributed by atoms with Crippen LogP contribution >= 0.6 is 11.3 Å². The zero-order valence-electron chi connectivity index (χ0n) is 30.4. The second-order valence-corrected chi connectivity index (χ2v) is 15.5. The highest BCUT2D eigenvalue weighted by atomic mass is 32.1. The first-order valence-electron chi connectivity index (χ1n) is 19.1. The van der Waals surface area contributed by atoms with Gasteiger partial charge in [0.1, 0.15) is 18.2 Å². The Labute approximate surface area is 329 Å².